The average Bonchev–Trinajstić information content (AvgIpc) is 2.63. The van der Waals surface area contributed by atoms with Crippen molar-refractivity contribution in [1.29, 1.82) is 0 Å². The quantitative estimate of drug-likeness (QED) is 0.865. The Kier molecular flexibility index (Phi) is 5.84. The van der Waals surface area contributed by atoms with Gasteiger partial charge in [0.05, 0.1) is 26.2 Å². The number of nitrogens with zero attached hydrogens (tertiary/aromatic N) is 1. The van der Waals surface area contributed by atoms with Gasteiger partial charge in [0.2, 0.25) is 0 Å². The topological polar surface area (TPSA) is 36.8 Å². The number of hydrogen-bond acceptors (Lipinski definition) is 2. The van der Waals surface area contributed by atoms with Gasteiger partial charge in [0.25, 0.3) is 5.91 Å². The molecule has 0 saturated carbocycles. The predicted octanol–water partition coefficient (Wildman–Crippen LogP) is 2.69. The van der Waals surface area contributed by atoms with Crippen LogP contribution >= 0.6 is 11.6 Å². The van der Waals surface area contributed by atoms with Crippen molar-refractivity contribution in [2.75, 3.05) is 36.4 Å². The van der Waals surface area contributed by atoms with Gasteiger partial charge in [0, 0.05) is 16.4 Å². The number of benzene rings is 2. The van der Waals surface area contributed by atoms with E-state index in [9.17, 15) is 4.79 Å². The number of carbonyl (C=O) groups excluding carboxylic acids is 1. The highest BCUT2D eigenvalue weighted by molar-refractivity contribution is 6.30. The largest absolute Gasteiger partial charge is 0.360 e. The van der Waals surface area contributed by atoms with Crippen LogP contribution < -0.4 is 15.1 Å². The lowest BCUT2D eigenvalue weighted by Crippen LogP contribution is -3.19. The molecule has 26 heavy (non-hydrogen) atoms. The zero-order valence-electron chi connectivity index (χ0n) is 15.7. The molecular formula is C21H27ClN3O+. The molecule has 2 aromatic rings. The molecule has 1 saturated heterocycles. The summed E-state index contributed by atoms with van der Waals surface area (Å²) >= 11 is 6.10. The molecule has 4 nitrogen and oxygen atoms in total. The fourth-order valence-corrected chi connectivity index (χ4v) is 3.72. The second-order valence-electron chi connectivity index (χ2n) is 7.15. The second kappa shape index (κ2) is 8.11. The number of carbonyl (C=O) groups is 1. The molecule has 2 aromatic carbocycles. The number of piperazine rings is 1. The third-order valence-corrected chi connectivity index (χ3v) is 5.46. The summed E-state index contributed by atoms with van der Waals surface area (Å²) in [5.74, 6) is 0.0863. The van der Waals surface area contributed by atoms with E-state index < -0.39 is 0 Å². The maximum atomic E-state index is 12.7. The first-order valence-corrected chi connectivity index (χ1v) is 9.55. The maximum Gasteiger partial charge on any atom is 0.282 e. The van der Waals surface area contributed by atoms with Gasteiger partial charge in [0.1, 0.15) is 0 Å². The van der Waals surface area contributed by atoms with E-state index in [1.807, 2.05) is 44.2 Å². The minimum absolute atomic E-state index is 0.0720. The summed E-state index contributed by atoms with van der Waals surface area (Å²) in [5, 5.41) is 3.86. The Morgan fingerprint density at radius 2 is 1.88 bits per heavy atom. The molecule has 0 bridgehead atoms. The average molecular weight is 373 g/mol. The zero-order valence-corrected chi connectivity index (χ0v) is 16.4. The van der Waals surface area contributed by atoms with Crippen LogP contribution in [0, 0.1) is 13.8 Å². The van der Waals surface area contributed by atoms with Gasteiger partial charge in [-0.1, -0.05) is 35.4 Å². The molecule has 138 valence electrons. The van der Waals surface area contributed by atoms with Crippen LogP contribution in [-0.4, -0.2) is 38.1 Å². The summed E-state index contributed by atoms with van der Waals surface area (Å²) in [7, 11) is 0. The van der Waals surface area contributed by atoms with Crippen molar-refractivity contribution in [3.8, 4) is 0 Å². The lowest BCUT2D eigenvalue weighted by atomic mass is 10.1. The summed E-state index contributed by atoms with van der Waals surface area (Å²) in [6.07, 6.45) is 0. The molecule has 1 fully saturated rings. The molecule has 1 aliphatic heterocycles. The molecule has 0 radical (unpaired) electrons. The molecule has 1 aliphatic rings. The molecule has 2 N–H and O–H groups in total. The summed E-state index contributed by atoms with van der Waals surface area (Å²) in [6, 6.07) is 14.0. The van der Waals surface area contributed by atoms with Crippen molar-refractivity contribution in [3.63, 3.8) is 0 Å². The highest BCUT2D eigenvalue weighted by Crippen LogP contribution is 2.19. The van der Waals surface area contributed by atoms with E-state index in [0.717, 1.165) is 48.1 Å². The van der Waals surface area contributed by atoms with Crippen LogP contribution in [0.4, 0.5) is 11.4 Å². The summed E-state index contributed by atoms with van der Waals surface area (Å²) in [6.45, 7) is 9.84. The van der Waals surface area contributed by atoms with E-state index in [2.05, 4.69) is 29.3 Å². The third-order valence-electron chi connectivity index (χ3n) is 5.22. The van der Waals surface area contributed by atoms with E-state index in [0.29, 0.717) is 0 Å². The van der Waals surface area contributed by atoms with Crippen molar-refractivity contribution >= 4 is 28.9 Å². The van der Waals surface area contributed by atoms with Crippen molar-refractivity contribution < 1.29 is 9.69 Å². The Bertz CT molecular complexity index is 785. The number of nitrogens with one attached hydrogen (secondary N) is 2. The van der Waals surface area contributed by atoms with E-state index in [4.69, 9.17) is 11.6 Å². The number of rotatable bonds is 4. The number of amides is 1. The number of hydrogen-bond donors (Lipinski definition) is 2. The summed E-state index contributed by atoms with van der Waals surface area (Å²) < 4.78 is 0. The van der Waals surface area contributed by atoms with Gasteiger partial charge < -0.3 is 15.1 Å². The van der Waals surface area contributed by atoms with Gasteiger partial charge in [-0.15, -0.1) is 0 Å². The molecule has 1 heterocycles. The normalized spacial score (nSPS) is 16.4. The first kappa shape index (κ1) is 18.7. The van der Waals surface area contributed by atoms with Crippen molar-refractivity contribution in [1.82, 2.24) is 0 Å². The first-order chi connectivity index (χ1) is 12.4. The number of anilines is 2. The molecule has 0 unspecified atom stereocenters. The van der Waals surface area contributed by atoms with Gasteiger partial charge in [0.15, 0.2) is 6.04 Å². The third kappa shape index (κ3) is 4.37. The smallest absolute Gasteiger partial charge is 0.282 e. The highest BCUT2D eigenvalue weighted by atomic mass is 35.5. The number of halogens is 1. The molecule has 5 heteroatoms. The molecule has 0 spiro atoms. The van der Waals surface area contributed by atoms with Crippen LogP contribution in [0.3, 0.4) is 0 Å². The van der Waals surface area contributed by atoms with Crippen LogP contribution in [0.1, 0.15) is 18.1 Å². The monoisotopic (exact) mass is 372 g/mol. The molecule has 3 rings (SSSR count). The summed E-state index contributed by atoms with van der Waals surface area (Å²) in [4.78, 5) is 16.3. The Balaban J connectivity index is 1.57. The van der Waals surface area contributed by atoms with E-state index in [1.54, 1.807) is 0 Å². The molecule has 1 atom stereocenters. The second-order valence-corrected chi connectivity index (χ2v) is 7.59. The minimum Gasteiger partial charge on any atom is -0.360 e. The lowest BCUT2D eigenvalue weighted by molar-refractivity contribution is -0.914. The Labute approximate surface area is 160 Å². The van der Waals surface area contributed by atoms with Crippen molar-refractivity contribution in [2.45, 2.75) is 26.8 Å². The van der Waals surface area contributed by atoms with Gasteiger partial charge in [-0.2, -0.15) is 0 Å². The maximum absolute atomic E-state index is 12.7. The number of quaternary nitrogens is 1. The minimum atomic E-state index is -0.0720. The molecule has 0 aliphatic carbocycles. The van der Waals surface area contributed by atoms with E-state index in [1.165, 1.54) is 10.5 Å². The van der Waals surface area contributed by atoms with Crippen molar-refractivity contribution in [2.24, 2.45) is 0 Å². The first-order valence-electron chi connectivity index (χ1n) is 9.17. The van der Waals surface area contributed by atoms with Crippen LogP contribution in [-0.2, 0) is 4.79 Å². The Morgan fingerprint density at radius 1 is 1.15 bits per heavy atom. The van der Waals surface area contributed by atoms with Crippen molar-refractivity contribution in [3.05, 3.63) is 58.6 Å². The Hall–Kier alpha value is -2.04. The SMILES string of the molecule is Cc1ccc(NC(=O)[C@H](C)[NH+]2CCN(c3cccc(Cl)c3)CC2)c(C)c1. The molecule has 1 amide bonds. The summed E-state index contributed by atoms with van der Waals surface area (Å²) in [5.41, 5.74) is 4.37. The number of aryl methyl sites for hydroxylation is 2. The molecule has 0 aromatic heterocycles. The standard InChI is InChI=1S/C21H26ClN3O/c1-15-7-8-20(16(2)13-15)23-21(26)17(3)24-9-11-25(12-10-24)19-6-4-5-18(22)14-19/h4-8,13-14,17H,9-12H2,1-3H3,(H,23,26)/p+1/t17-/m0/s1. The highest BCUT2D eigenvalue weighted by Gasteiger charge is 2.29. The molecular weight excluding hydrogens is 346 g/mol. The predicted molar refractivity (Wildman–Crippen MR) is 108 cm³/mol. The van der Waals surface area contributed by atoms with Crippen LogP contribution in [0.2, 0.25) is 5.02 Å². The van der Waals surface area contributed by atoms with E-state index >= 15 is 0 Å². The fourth-order valence-electron chi connectivity index (χ4n) is 3.54. The fraction of sp³-hybridized carbons (Fsp3) is 0.381. The van der Waals surface area contributed by atoms with Gasteiger partial charge in [-0.3, -0.25) is 4.79 Å². The van der Waals surface area contributed by atoms with Gasteiger partial charge in [-0.25, -0.2) is 0 Å². The van der Waals surface area contributed by atoms with Crippen LogP contribution in [0.5, 0.6) is 0 Å². The Morgan fingerprint density at radius 3 is 2.54 bits per heavy atom. The van der Waals surface area contributed by atoms with Crippen LogP contribution in [0.15, 0.2) is 42.5 Å². The van der Waals surface area contributed by atoms with Crippen LogP contribution in [0.25, 0.3) is 0 Å². The lowest BCUT2D eigenvalue weighted by Gasteiger charge is -2.36. The zero-order chi connectivity index (χ0) is 18.7. The van der Waals surface area contributed by atoms with E-state index in [-0.39, 0.29) is 11.9 Å². The van der Waals surface area contributed by atoms with Gasteiger partial charge in [-0.05, 0) is 50.6 Å². The van der Waals surface area contributed by atoms with Gasteiger partial charge >= 0.3 is 0 Å².